The molecule has 1 aromatic carbocycles. The van der Waals surface area contributed by atoms with Gasteiger partial charge in [-0.25, -0.2) is 0 Å². The van der Waals surface area contributed by atoms with Crippen LogP contribution in [-0.2, 0) is 4.79 Å². The van der Waals surface area contributed by atoms with Crippen LogP contribution in [0.2, 0.25) is 39.3 Å². The van der Waals surface area contributed by atoms with Gasteiger partial charge in [-0.05, 0) is 29.6 Å². The molecule has 1 aliphatic carbocycles. The van der Waals surface area contributed by atoms with Crippen molar-refractivity contribution < 1.29 is 9.59 Å². The maximum absolute atomic E-state index is 13.3. The van der Waals surface area contributed by atoms with Crippen molar-refractivity contribution in [2.45, 2.75) is 76.6 Å². The standard InChI is InChI=1S/C22H37NO2Si2/c1-23(20(24)17-13-9-8-10-14-17)21(25)18-15-11-12-16-19(18)22(26(2,3)4)27(5,6)7/h11-12,15-17,22H,8-10,13-14H2,1-7H3. The van der Waals surface area contributed by atoms with Gasteiger partial charge in [-0.15, -0.1) is 0 Å². The summed E-state index contributed by atoms with van der Waals surface area (Å²) in [6.45, 7) is 14.4. The van der Waals surface area contributed by atoms with Crippen LogP contribution < -0.4 is 0 Å². The average Bonchev–Trinajstić information content (AvgIpc) is 2.58. The molecule has 1 aromatic rings. The van der Waals surface area contributed by atoms with Gasteiger partial charge >= 0.3 is 0 Å². The van der Waals surface area contributed by atoms with Gasteiger partial charge in [-0.2, -0.15) is 0 Å². The third-order valence-electron chi connectivity index (χ3n) is 5.82. The number of hydrogen-bond donors (Lipinski definition) is 0. The van der Waals surface area contributed by atoms with Crippen LogP contribution in [0, 0.1) is 5.92 Å². The molecule has 0 spiro atoms. The van der Waals surface area contributed by atoms with Crippen molar-refractivity contribution in [1.82, 2.24) is 4.90 Å². The lowest BCUT2D eigenvalue weighted by atomic mass is 9.88. The Bertz CT molecular complexity index is 668. The maximum atomic E-state index is 13.3. The largest absolute Gasteiger partial charge is 0.281 e. The summed E-state index contributed by atoms with van der Waals surface area (Å²) < 4.78 is 0. The van der Waals surface area contributed by atoms with E-state index in [1.54, 1.807) is 7.05 Å². The molecule has 150 valence electrons. The van der Waals surface area contributed by atoms with E-state index in [-0.39, 0.29) is 17.7 Å². The first kappa shape index (κ1) is 22.1. The average molecular weight is 404 g/mol. The van der Waals surface area contributed by atoms with Gasteiger partial charge < -0.3 is 0 Å². The minimum atomic E-state index is -1.53. The minimum Gasteiger partial charge on any atom is -0.281 e. The van der Waals surface area contributed by atoms with Gasteiger partial charge in [-0.3, -0.25) is 14.5 Å². The highest BCUT2D eigenvalue weighted by Crippen LogP contribution is 2.38. The Morgan fingerprint density at radius 3 is 1.96 bits per heavy atom. The lowest BCUT2D eigenvalue weighted by Gasteiger charge is -2.40. The first-order valence-corrected chi connectivity index (χ1v) is 17.5. The summed E-state index contributed by atoms with van der Waals surface area (Å²) in [6.07, 6.45) is 5.25. The topological polar surface area (TPSA) is 37.4 Å². The van der Waals surface area contributed by atoms with Crippen molar-refractivity contribution >= 4 is 28.0 Å². The molecule has 0 N–H and O–H groups in total. The van der Waals surface area contributed by atoms with Crippen LogP contribution in [0.5, 0.6) is 0 Å². The van der Waals surface area contributed by atoms with Crippen LogP contribution in [0.3, 0.4) is 0 Å². The van der Waals surface area contributed by atoms with E-state index in [2.05, 4.69) is 45.3 Å². The maximum Gasteiger partial charge on any atom is 0.260 e. The van der Waals surface area contributed by atoms with Crippen molar-refractivity contribution in [3.63, 3.8) is 0 Å². The van der Waals surface area contributed by atoms with E-state index in [1.807, 2.05) is 18.2 Å². The van der Waals surface area contributed by atoms with Crippen molar-refractivity contribution in [2.24, 2.45) is 5.92 Å². The Balaban J connectivity index is 2.38. The lowest BCUT2D eigenvalue weighted by molar-refractivity contribution is -0.132. The monoisotopic (exact) mass is 403 g/mol. The second-order valence-electron chi connectivity index (χ2n) is 10.3. The minimum absolute atomic E-state index is 0.00654. The number of carbonyl (C=O) groups is 2. The predicted molar refractivity (Wildman–Crippen MR) is 120 cm³/mol. The molecule has 1 aliphatic rings. The molecule has 0 saturated heterocycles. The van der Waals surface area contributed by atoms with Crippen molar-refractivity contribution in [2.75, 3.05) is 7.05 Å². The Hall–Kier alpha value is -1.21. The van der Waals surface area contributed by atoms with Gasteiger partial charge in [0, 0.05) is 34.7 Å². The number of carbonyl (C=O) groups excluding carboxylic acids is 2. The van der Waals surface area contributed by atoms with Crippen LogP contribution in [-0.4, -0.2) is 39.9 Å². The van der Waals surface area contributed by atoms with Gasteiger partial charge in [0.2, 0.25) is 5.91 Å². The summed E-state index contributed by atoms with van der Waals surface area (Å²) in [5.74, 6) is -0.0978. The number of rotatable bonds is 5. The summed E-state index contributed by atoms with van der Waals surface area (Å²) in [7, 11) is -1.38. The van der Waals surface area contributed by atoms with Crippen LogP contribution in [0.15, 0.2) is 24.3 Å². The van der Waals surface area contributed by atoms with E-state index in [0.717, 1.165) is 31.2 Å². The molecule has 0 aliphatic heterocycles. The zero-order valence-corrected chi connectivity index (χ0v) is 20.3. The summed E-state index contributed by atoms with van der Waals surface area (Å²) in [5, 5.41) is 0.475. The fourth-order valence-electron chi connectivity index (χ4n) is 5.08. The normalized spacial score (nSPS) is 16.4. The second kappa shape index (κ2) is 8.43. The summed E-state index contributed by atoms with van der Waals surface area (Å²) in [4.78, 5) is 27.7. The third kappa shape index (κ3) is 5.20. The zero-order chi connectivity index (χ0) is 20.4. The number of nitrogens with zero attached hydrogens (tertiary/aromatic N) is 1. The second-order valence-corrected chi connectivity index (χ2v) is 21.5. The van der Waals surface area contributed by atoms with Crippen molar-refractivity contribution in [1.29, 1.82) is 0 Å². The SMILES string of the molecule is CN(C(=O)c1ccccc1C([Si](C)(C)C)[Si](C)(C)C)C(=O)C1CCCCC1. The molecule has 5 heteroatoms. The summed E-state index contributed by atoms with van der Waals surface area (Å²) >= 11 is 0. The van der Waals surface area contributed by atoms with E-state index in [9.17, 15) is 9.59 Å². The van der Waals surface area contributed by atoms with Crippen LogP contribution in [0.25, 0.3) is 0 Å². The number of hydrogen-bond acceptors (Lipinski definition) is 2. The summed E-state index contributed by atoms with van der Waals surface area (Å²) in [5.41, 5.74) is 1.91. The van der Waals surface area contributed by atoms with Crippen LogP contribution in [0.4, 0.5) is 0 Å². The fourth-order valence-corrected chi connectivity index (χ4v) is 17.8. The molecule has 2 amide bonds. The molecular weight excluding hydrogens is 366 g/mol. The molecule has 0 aromatic heterocycles. The molecule has 0 radical (unpaired) electrons. The molecular formula is C22H37NO2Si2. The number of imide groups is 1. The van der Waals surface area contributed by atoms with E-state index in [0.29, 0.717) is 5.16 Å². The highest BCUT2D eigenvalue weighted by molar-refractivity contribution is 6.96. The highest BCUT2D eigenvalue weighted by Gasteiger charge is 2.41. The van der Waals surface area contributed by atoms with Gasteiger partial charge in [0.05, 0.1) is 0 Å². The first-order valence-electron chi connectivity index (χ1n) is 10.4. The van der Waals surface area contributed by atoms with Crippen molar-refractivity contribution in [3.8, 4) is 0 Å². The van der Waals surface area contributed by atoms with E-state index in [4.69, 9.17) is 0 Å². The molecule has 0 atom stereocenters. The Labute approximate surface area is 167 Å². The van der Waals surface area contributed by atoms with Gasteiger partial charge in [-0.1, -0.05) is 76.7 Å². The predicted octanol–water partition coefficient (Wildman–Crippen LogP) is 5.70. The van der Waals surface area contributed by atoms with Gasteiger partial charge in [0.15, 0.2) is 0 Å². The molecule has 1 saturated carbocycles. The van der Waals surface area contributed by atoms with Crippen molar-refractivity contribution in [3.05, 3.63) is 35.4 Å². The summed E-state index contributed by atoms with van der Waals surface area (Å²) in [6, 6.07) is 8.03. The Morgan fingerprint density at radius 1 is 0.926 bits per heavy atom. The lowest BCUT2D eigenvalue weighted by Crippen LogP contribution is -2.47. The molecule has 1 fully saturated rings. The van der Waals surface area contributed by atoms with Crippen LogP contribution >= 0.6 is 0 Å². The smallest absolute Gasteiger partial charge is 0.260 e. The quantitative estimate of drug-likeness (QED) is 0.467. The molecule has 0 bridgehead atoms. The molecule has 27 heavy (non-hydrogen) atoms. The van der Waals surface area contributed by atoms with E-state index in [1.165, 1.54) is 16.9 Å². The molecule has 0 unspecified atom stereocenters. The molecule has 3 nitrogen and oxygen atoms in total. The van der Waals surface area contributed by atoms with Crippen LogP contribution in [0.1, 0.15) is 53.2 Å². The Morgan fingerprint density at radius 2 is 1.44 bits per heavy atom. The molecule has 0 heterocycles. The molecule has 2 rings (SSSR count). The first-order chi connectivity index (χ1) is 12.4. The van der Waals surface area contributed by atoms with E-state index < -0.39 is 16.1 Å². The Kier molecular flexibility index (Phi) is 6.90. The number of benzene rings is 1. The van der Waals surface area contributed by atoms with Gasteiger partial charge in [0.1, 0.15) is 0 Å². The fraction of sp³-hybridized carbons (Fsp3) is 0.636. The van der Waals surface area contributed by atoms with E-state index >= 15 is 0 Å². The number of amides is 2. The van der Waals surface area contributed by atoms with Gasteiger partial charge in [0.25, 0.3) is 5.91 Å². The highest BCUT2D eigenvalue weighted by atomic mass is 28.4. The third-order valence-corrected chi connectivity index (χ3v) is 15.1. The zero-order valence-electron chi connectivity index (χ0n) is 18.3.